The summed E-state index contributed by atoms with van der Waals surface area (Å²) in [5.41, 5.74) is 0.592. The van der Waals surface area contributed by atoms with Gasteiger partial charge in [0.1, 0.15) is 5.82 Å². The Morgan fingerprint density at radius 3 is 3.10 bits per heavy atom. The maximum Gasteiger partial charge on any atom is 0.237 e. The smallest absolute Gasteiger partial charge is 0.237 e. The predicted molar refractivity (Wildman–Crippen MR) is 78.0 cm³/mol. The molecule has 1 aromatic carbocycles. The molecular weight excluding hydrogens is 327 g/mol. The number of benzene rings is 1. The van der Waals surface area contributed by atoms with Crippen LogP contribution in [0.25, 0.3) is 0 Å². The fourth-order valence-corrected chi connectivity index (χ4v) is 2.67. The topological polar surface area (TPSA) is 50.4 Å². The van der Waals surface area contributed by atoms with Crippen LogP contribution in [0.15, 0.2) is 22.7 Å². The summed E-state index contributed by atoms with van der Waals surface area (Å²) in [7, 11) is 1.64. The number of amides is 1. The molecule has 6 heteroatoms. The zero-order valence-corrected chi connectivity index (χ0v) is 12.9. The van der Waals surface area contributed by atoms with Gasteiger partial charge >= 0.3 is 0 Å². The molecule has 1 heterocycles. The van der Waals surface area contributed by atoms with Crippen LogP contribution < -0.4 is 10.6 Å². The molecule has 2 atom stereocenters. The second kappa shape index (κ2) is 7.15. The number of hydrogen-bond acceptors (Lipinski definition) is 3. The van der Waals surface area contributed by atoms with Crippen LogP contribution in [0.4, 0.5) is 4.39 Å². The minimum atomic E-state index is -0.249. The van der Waals surface area contributed by atoms with Crippen LogP contribution in [0, 0.1) is 5.82 Å². The van der Waals surface area contributed by atoms with Crippen LogP contribution in [0.2, 0.25) is 0 Å². The van der Waals surface area contributed by atoms with E-state index >= 15 is 0 Å². The number of carbonyl (C=O) groups is 1. The highest BCUT2D eigenvalue weighted by molar-refractivity contribution is 9.10. The SMILES string of the molecule is CO[C@@H]1CN[C@H](C(=O)NCCc2cc(Br)ccc2F)C1. The molecule has 0 bridgehead atoms. The molecule has 1 aromatic rings. The van der Waals surface area contributed by atoms with Crippen LogP contribution in [0.3, 0.4) is 0 Å². The maximum atomic E-state index is 13.5. The fourth-order valence-electron chi connectivity index (χ4n) is 2.26. The van der Waals surface area contributed by atoms with E-state index < -0.39 is 0 Å². The average Bonchev–Trinajstić information content (AvgIpc) is 2.91. The first-order valence-corrected chi connectivity index (χ1v) is 7.37. The predicted octanol–water partition coefficient (Wildman–Crippen LogP) is 1.62. The normalized spacial score (nSPS) is 21.9. The van der Waals surface area contributed by atoms with Crippen LogP contribution in [0.1, 0.15) is 12.0 Å². The van der Waals surface area contributed by atoms with Crippen LogP contribution >= 0.6 is 15.9 Å². The van der Waals surface area contributed by atoms with Crippen molar-refractivity contribution in [3.63, 3.8) is 0 Å². The first-order valence-electron chi connectivity index (χ1n) is 6.58. The van der Waals surface area contributed by atoms with Crippen molar-refractivity contribution < 1.29 is 13.9 Å². The van der Waals surface area contributed by atoms with Gasteiger partial charge < -0.3 is 15.4 Å². The average molecular weight is 345 g/mol. The van der Waals surface area contributed by atoms with Crippen LogP contribution in [0.5, 0.6) is 0 Å². The molecule has 1 aliphatic rings. The van der Waals surface area contributed by atoms with Gasteiger partial charge in [-0.3, -0.25) is 4.79 Å². The lowest BCUT2D eigenvalue weighted by molar-refractivity contribution is -0.122. The van der Waals surface area contributed by atoms with Gasteiger partial charge in [-0.05, 0) is 36.6 Å². The largest absolute Gasteiger partial charge is 0.380 e. The van der Waals surface area contributed by atoms with Crippen molar-refractivity contribution in [2.75, 3.05) is 20.2 Å². The summed E-state index contributed by atoms with van der Waals surface area (Å²) >= 11 is 3.31. The zero-order chi connectivity index (χ0) is 14.5. The molecule has 0 radical (unpaired) electrons. The number of carbonyl (C=O) groups excluding carboxylic acids is 1. The highest BCUT2D eigenvalue weighted by Crippen LogP contribution is 2.16. The summed E-state index contributed by atoms with van der Waals surface area (Å²) in [5, 5.41) is 5.93. The minimum absolute atomic E-state index is 0.0556. The Morgan fingerprint density at radius 2 is 2.40 bits per heavy atom. The Kier molecular flexibility index (Phi) is 5.51. The summed E-state index contributed by atoms with van der Waals surface area (Å²) in [6.07, 6.45) is 1.23. The van der Waals surface area contributed by atoms with Crippen LogP contribution in [-0.2, 0) is 16.0 Å². The minimum Gasteiger partial charge on any atom is -0.380 e. The van der Waals surface area contributed by atoms with Gasteiger partial charge in [-0.2, -0.15) is 0 Å². The molecule has 110 valence electrons. The number of methoxy groups -OCH3 is 1. The molecular formula is C14H18BrFN2O2. The summed E-state index contributed by atoms with van der Waals surface area (Å²) in [6, 6.07) is 4.59. The van der Waals surface area contributed by atoms with Crippen molar-refractivity contribution in [1.29, 1.82) is 0 Å². The maximum absolute atomic E-state index is 13.5. The van der Waals surface area contributed by atoms with Crippen molar-refractivity contribution in [3.8, 4) is 0 Å². The number of rotatable bonds is 5. The molecule has 1 aliphatic heterocycles. The fraction of sp³-hybridized carbons (Fsp3) is 0.500. The lowest BCUT2D eigenvalue weighted by atomic mass is 10.1. The van der Waals surface area contributed by atoms with E-state index in [1.165, 1.54) is 6.07 Å². The van der Waals surface area contributed by atoms with E-state index in [0.717, 1.165) is 4.47 Å². The van der Waals surface area contributed by atoms with Gasteiger partial charge in [-0.1, -0.05) is 15.9 Å². The Bertz CT molecular complexity index is 484. The highest BCUT2D eigenvalue weighted by Gasteiger charge is 2.28. The third kappa shape index (κ3) is 4.01. The van der Waals surface area contributed by atoms with Crippen molar-refractivity contribution in [2.45, 2.75) is 25.0 Å². The van der Waals surface area contributed by atoms with Gasteiger partial charge in [0.15, 0.2) is 0 Å². The van der Waals surface area contributed by atoms with Gasteiger partial charge in [0.05, 0.1) is 12.1 Å². The summed E-state index contributed by atoms with van der Waals surface area (Å²) in [4.78, 5) is 11.9. The number of ether oxygens (including phenoxy) is 1. The first kappa shape index (κ1) is 15.4. The molecule has 0 unspecified atom stereocenters. The zero-order valence-electron chi connectivity index (χ0n) is 11.3. The molecule has 1 fully saturated rings. The van der Waals surface area contributed by atoms with Crippen molar-refractivity contribution >= 4 is 21.8 Å². The van der Waals surface area contributed by atoms with Crippen molar-refractivity contribution in [1.82, 2.24) is 10.6 Å². The Morgan fingerprint density at radius 1 is 1.60 bits per heavy atom. The molecule has 0 aliphatic carbocycles. The number of nitrogens with one attached hydrogen (secondary N) is 2. The molecule has 0 saturated carbocycles. The van der Waals surface area contributed by atoms with Gasteiger partial charge in [0.25, 0.3) is 0 Å². The second-order valence-electron chi connectivity index (χ2n) is 4.83. The quantitative estimate of drug-likeness (QED) is 0.853. The third-order valence-corrected chi connectivity index (χ3v) is 3.93. The third-order valence-electron chi connectivity index (χ3n) is 3.44. The van der Waals surface area contributed by atoms with Gasteiger partial charge in [0, 0.05) is 24.7 Å². The Hall–Kier alpha value is -0.980. The highest BCUT2D eigenvalue weighted by atomic mass is 79.9. The summed E-state index contributed by atoms with van der Waals surface area (Å²) in [5.74, 6) is -0.305. The van der Waals surface area contributed by atoms with Gasteiger partial charge in [-0.25, -0.2) is 4.39 Å². The standard InChI is InChI=1S/C14H18BrFN2O2/c1-20-11-7-13(18-8-11)14(19)17-5-4-9-6-10(15)2-3-12(9)16/h2-3,6,11,13,18H,4-5,7-8H2,1H3,(H,17,19)/t11-,13-/m0/s1. The monoisotopic (exact) mass is 344 g/mol. The Balaban J connectivity index is 1.78. The van der Waals surface area contributed by atoms with Crippen LogP contribution in [-0.4, -0.2) is 38.3 Å². The van der Waals surface area contributed by atoms with E-state index in [2.05, 4.69) is 26.6 Å². The summed E-state index contributed by atoms with van der Waals surface area (Å²) < 4.78 is 19.6. The lowest BCUT2D eigenvalue weighted by Crippen LogP contribution is -2.41. The van der Waals surface area contributed by atoms with Gasteiger partial charge in [-0.15, -0.1) is 0 Å². The number of hydrogen-bond donors (Lipinski definition) is 2. The van der Waals surface area contributed by atoms with E-state index in [1.807, 2.05) is 0 Å². The van der Waals surface area contributed by atoms with Crippen molar-refractivity contribution in [3.05, 3.63) is 34.1 Å². The molecule has 0 spiro atoms. The van der Waals surface area contributed by atoms with E-state index in [0.29, 0.717) is 31.5 Å². The first-order chi connectivity index (χ1) is 9.60. The lowest BCUT2D eigenvalue weighted by Gasteiger charge is -2.11. The van der Waals surface area contributed by atoms with E-state index in [9.17, 15) is 9.18 Å². The van der Waals surface area contributed by atoms with E-state index in [4.69, 9.17) is 4.74 Å². The molecule has 20 heavy (non-hydrogen) atoms. The molecule has 1 saturated heterocycles. The van der Waals surface area contributed by atoms with Gasteiger partial charge in [0.2, 0.25) is 5.91 Å². The molecule has 4 nitrogen and oxygen atoms in total. The van der Waals surface area contributed by atoms with E-state index in [1.54, 1.807) is 19.2 Å². The second-order valence-corrected chi connectivity index (χ2v) is 5.75. The molecule has 2 N–H and O–H groups in total. The van der Waals surface area contributed by atoms with Crippen molar-refractivity contribution in [2.24, 2.45) is 0 Å². The molecule has 2 rings (SSSR count). The summed E-state index contributed by atoms with van der Waals surface area (Å²) in [6.45, 7) is 1.11. The number of halogens is 2. The molecule has 1 amide bonds. The molecule has 0 aromatic heterocycles. The Labute approximate surface area is 126 Å². The van der Waals surface area contributed by atoms with E-state index in [-0.39, 0.29) is 23.9 Å².